The maximum Gasteiger partial charge on any atom is 0.274 e. The normalized spacial score (nSPS) is 12.3. The zero-order valence-electron chi connectivity index (χ0n) is 17.1. The fraction of sp³-hybridized carbons (Fsp3) is 0.348. The Kier molecular flexibility index (Phi) is 6.77. The highest BCUT2D eigenvalue weighted by Gasteiger charge is 2.17. The summed E-state index contributed by atoms with van der Waals surface area (Å²) in [5, 5.41) is 8.29. The van der Waals surface area contributed by atoms with Crippen molar-refractivity contribution in [1.82, 2.24) is 15.1 Å². The van der Waals surface area contributed by atoms with E-state index in [1.165, 1.54) is 4.68 Å². The number of carbonyl (C=O) groups is 1. The second-order valence-electron chi connectivity index (χ2n) is 7.27. The summed E-state index contributed by atoms with van der Waals surface area (Å²) in [5.74, 6) is -0.285. The third-order valence-corrected chi connectivity index (χ3v) is 4.78. The average molecular weight is 393 g/mol. The van der Waals surface area contributed by atoms with E-state index in [2.05, 4.69) is 10.4 Å². The molecule has 0 aliphatic carbocycles. The van der Waals surface area contributed by atoms with E-state index < -0.39 is 0 Å². The van der Waals surface area contributed by atoms with Gasteiger partial charge in [-0.05, 0) is 38.8 Å². The van der Waals surface area contributed by atoms with Gasteiger partial charge in [0.1, 0.15) is 0 Å². The second-order valence-corrected chi connectivity index (χ2v) is 7.27. The third kappa shape index (κ3) is 4.90. The number of aromatic nitrogens is 2. The highest BCUT2D eigenvalue weighted by Crippen LogP contribution is 2.16. The Morgan fingerprint density at radius 3 is 2.38 bits per heavy atom. The molecule has 0 aliphatic rings. The summed E-state index contributed by atoms with van der Waals surface area (Å²) in [7, 11) is 0. The average Bonchev–Trinajstić information content (AvgIpc) is 2.74. The van der Waals surface area contributed by atoms with Gasteiger partial charge in [0.2, 0.25) is 0 Å². The molecule has 0 spiro atoms. The van der Waals surface area contributed by atoms with Gasteiger partial charge in [0.25, 0.3) is 11.5 Å². The van der Waals surface area contributed by atoms with E-state index in [1.54, 1.807) is 24.3 Å². The molecule has 0 fully saturated rings. The second kappa shape index (κ2) is 9.47. The number of ether oxygens (including phenoxy) is 1. The first kappa shape index (κ1) is 20.7. The number of nitrogens with one attached hydrogen (secondary N) is 1. The van der Waals surface area contributed by atoms with Crippen LogP contribution >= 0.6 is 0 Å². The monoisotopic (exact) mass is 393 g/mol. The number of benzene rings is 2. The molecular formula is C23H27N3O3. The zero-order valence-corrected chi connectivity index (χ0v) is 17.1. The Labute approximate surface area is 170 Å². The lowest BCUT2D eigenvalue weighted by atomic mass is 10.1. The van der Waals surface area contributed by atoms with Gasteiger partial charge in [-0.3, -0.25) is 9.59 Å². The molecule has 29 heavy (non-hydrogen) atoms. The van der Waals surface area contributed by atoms with Gasteiger partial charge in [0.05, 0.1) is 17.5 Å². The maximum atomic E-state index is 12.7. The van der Waals surface area contributed by atoms with Crippen LogP contribution in [0.2, 0.25) is 0 Å². The first-order chi connectivity index (χ1) is 14.0. The molecule has 1 amide bonds. The minimum atomic E-state index is -0.285. The number of amides is 1. The molecule has 3 rings (SSSR count). The Hall–Kier alpha value is -2.99. The van der Waals surface area contributed by atoms with Gasteiger partial charge in [0, 0.05) is 18.5 Å². The molecule has 1 heterocycles. The third-order valence-electron chi connectivity index (χ3n) is 4.78. The fourth-order valence-corrected chi connectivity index (χ4v) is 3.16. The summed E-state index contributed by atoms with van der Waals surface area (Å²) >= 11 is 0. The highest BCUT2D eigenvalue weighted by atomic mass is 16.5. The number of carbonyl (C=O) groups excluding carboxylic acids is 1. The Balaban J connectivity index is 1.62. The van der Waals surface area contributed by atoms with Crippen molar-refractivity contribution in [2.75, 3.05) is 13.2 Å². The zero-order chi connectivity index (χ0) is 20.8. The van der Waals surface area contributed by atoms with Crippen LogP contribution in [-0.2, 0) is 4.74 Å². The molecule has 0 saturated heterocycles. The quantitative estimate of drug-likeness (QED) is 0.590. The van der Waals surface area contributed by atoms with Crippen molar-refractivity contribution in [2.24, 2.45) is 0 Å². The molecule has 1 unspecified atom stereocenters. The minimum absolute atomic E-state index is 0.00658. The highest BCUT2D eigenvalue weighted by molar-refractivity contribution is 6.04. The Bertz CT molecular complexity index is 1030. The van der Waals surface area contributed by atoms with E-state index in [-0.39, 0.29) is 29.3 Å². The van der Waals surface area contributed by atoms with Crippen LogP contribution in [-0.4, -0.2) is 28.8 Å². The van der Waals surface area contributed by atoms with E-state index >= 15 is 0 Å². The van der Waals surface area contributed by atoms with Gasteiger partial charge in [-0.1, -0.05) is 48.5 Å². The largest absolute Gasteiger partial charge is 0.374 e. The standard InChI is InChI=1S/C23H27N3O3/c1-16(2)26-23(28)20-13-8-7-12-19(20)21(25-26)22(27)24-14-9-15-29-17(3)18-10-5-4-6-11-18/h4-8,10-13,16-17H,9,14-15H2,1-3H3,(H,24,27). The van der Waals surface area contributed by atoms with Crippen molar-refractivity contribution in [3.63, 3.8) is 0 Å². The van der Waals surface area contributed by atoms with Gasteiger partial charge in [0.15, 0.2) is 5.69 Å². The molecule has 1 atom stereocenters. The minimum Gasteiger partial charge on any atom is -0.374 e. The van der Waals surface area contributed by atoms with Crippen molar-refractivity contribution in [1.29, 1.82) is 0 Å². The van der Waals surface area contributed by atoms with Crippen molar-refractivity contribution >= 4 is 16.7 Å². The van der Waals surface area contributed by atoms with Crippen LogP contribution in [0.15, 0.2) is 59.4 Å². The SMILES string of the molecule is CC(OCCCNC(=O)c1nn(C(C)C)c(=O)c2ccccc12)c1ccccc1. The van der Waals surface area contributed by atoms with Crippen LogP contribution in [0, 0.1) is 0 Å². The summed E-state index contributed by atoms with van der Waals surface area (Å²) in [6.45, 7) is 6.76. The predicted molar refractivity (Wildman–Crippen MR) is 114 cm³/mol. The molecule has 0 bridgehead atoms. The summed E-state index contributed by atoms with van der Waals surface area (Å²) in [5.41, 5.74) is 1.21. The number of fused-ring (bicyclic) bond motifs is 1. The molecule has 6 heteroatoms. The van der Waals surface area contributed by atoms with Gasteiger partial charge in [-0.15, -0.1) is 0 Å². The lowest BCUT2D eigenvalue weighted by molar-refractivity contribution is 0.0634. The molecule has 0 saturated carbocycles. The molecule has 0 radical (unpaired) electrons. The van der Waals surface area contributed by atoms with E-state index in [9.17, 15) is 9.59 Å². The van der Waals surface area contributed by atoms with Crippen LogP contribution in [0.25, 0.3) is 10.8 Å². The van der Waals surface area contributed by atoms with Crippen LogP contribution in [0.1, 0.15) is 55.4 Å². The van der Waals surface area contributed by atoms with Crippen LogP contribution in [0.3, 0.4) is 0 Å². The molecule has 1 N–H and O–H groups in total. The topological polar surface area (TPSA) is 73.2 Å². The number of rotatable bonds is 8. The van der Waals surface area contributed by atoms with Gasteiger partial charge in [-0.2, -0.15) is 5.10 Å². The van der Waals surface area contributed by atoms with Gasteiger partial charge >= 0.3 is 0 Å². The van der Waals surface area contributed by atoms with E-state index in [0.717, 1.165) is 5.56 Å². The number of hydrogen-bond acceptors (Lipinski definition) is 4. The molecule has 152 valence electrons. The van der Waals surface area contributed by atoms with Crippen LogP contribution in [0.5, 0.6) is 0 Å². The Morgan fingerprint density at radius 2 is 1.69 bits per heavy atom. The first-order valence-corrected chi connectivity index (χ1v) is 9.95. The molecule has 3 aromatic rings. The number of hydrogen-bond donors (Lipinski definition) is 1. The fourth-order valence-electron chi connectivity index (χ4n) is 3.16. The first-order valence-electron chi connectivity index (χ1n) is 9.95. The maximum absolute atomic E-state index is 12.7. The van der Waals surface area contributed by atoms with E-state index in [4.69, 9.17) is 4.74 Å². The smallest absolute Gasteiger partial charge is 0.274 e. The van der Waals surface area contributed by atoms with Crippen LogP contribution < -0.4 is 10.9 Å². The van der Waals surface area contributed by atoms with Crippen molar-refractivity contribution < 1.29 is 9.53 Å². The van der Waals surface area contributed by atoms with E-state index in [0.29, 0.717) is 30.3 Å². The molecule has 0 aliphatic heterocycles. The summed E-state index contributed by atoms with van der Waals surface area (Å²) in [6.07, 6.45) is 0.692. The molecule has 6 nitrogen and oxygen atoms in total. The van der Waals surface area contributed by atoms with Crippen molar-refractivity contribution in [2.45, 2.75) is 39.3 Å². The van der Waals surface area contributed by atoms with E-state index in [1.807, 2.05) is 51.1 Å². The Morgan fingerprint density at radius 1 is 1.03 bits per heavy atom. The number of nitrogens with zero attached hydrogens (tertiary/aromatic N) is 2. The van der Waals surface area contributed by atoms with Gasteiger partial charge in [-0.25, -0.2) is 4.68 Å². The van der Waals surface area contributed by atoms with Crippen LogP contribution in [0.4, 0.5) is 0 Å². The lowest BCUT2D eigenvalue weighted by Crippen LogP contribution is -2.32. The van der Waals surface area contributed by atoms with Gasteiger partial charge < -0.3 is 10.1 Å². The molecule has 2 aromatic carbocycles. The predicted octanol–water partition coefficient (Wildman–Crippen LogP) is 3.88. The van der Waals surface area contributed by atoms with Crippen molar-refractivity contribution in [3.05, 3.63) is 76.2 Å². The lowest BCUT2D eigenvalue weighted by Gasteiger charge is -2.14. The summed E-state index contributed by atoms with van der Waals surface area (Å²) in [4.78, 5) is 25.3. The molecular weight excluding hydrogens is 366 g/mol. The van der Waals surface area contributed by atoms with Crippen molar-refractivity contribution in [3.8, 4) is 0 Å². The summed E-state index contributed by atoms with van der Waals surface area (Å²) in [6, 6.07) is 17.0. The summed E-state index contributed by atoms with van der Waals surface area (Å²) < 4.78 is 7.20. The molecule has 1 aromatic heterocycles.